The fourth-order valence-electron chi connectivity index (χ4n) is 4.67. The molecule has 28 heavy (non-hydrogen) atoms. The normalized spacial score (nSPS) is 25.6. The maximum absolute atomic E-state index is 13.3. The molecule has 4 rings (SSSR count). The zero-order chi connectivity index (χ0) is 19.7. The minimum atomic E-state index is -3.47. The molecule has 148 valence electrons. The second-order valence-corrected chi connectivity index (χ2v) is 9.67. The minimum Gasteiger partial charge on any atom is -0.369 e. The SMILES string of the molecule is NC(=O)CN1C[C@H]2CN(S(=O)(=O)Cc3ccccc3)[C@H](c3ccccc3)[C@H]2C1. The van der Waals surface area contributed by atoms with Crippen LogP contribution >= 0.6 is 0 Å². The van der Waals surface area contributed by atoms with Crippen molar-refractivity contribution in [2.75, 3.05) is 26.2 Å². The predicted molar refractivity (Wildman–Crippen MR) is 108 cm³/mol. The predicted octanol–water partition coefficient (Wildman–Crippen LogP) is 1.61. The number of fused-ring (bicyclic) bond motifs is 1. The fraction of sp³-hybridized carbons (Fsp3) is 0.381. The van der Waals surface area contributed by atoms with Crippen LogP contribution in [0.2, 0.25) is 0 Å². The second-order valence-electron chi connectivity index (χ2n) is 7.75. The van der Waals surface area contributed by atoms with Gasteiger partial charge in [-0.25, -0.2) is 8.42 Å². The zero-order valence-electron chi connectivity index (χ0n) is 15.6. The van der Waals surface area contributed by atoms with E-state index in [0.29, 0.717) is 19.6 Å². The number of primary amides is 1. The molecule has 2 saturated heterocycles. The molecular formula is C21H25N3O3S. The molecule has 2 fully saturated rings. The van der Waals surface area contributed by atoms with Gasteiger partial charge in [-0.3, -0.25) is 9.69 Å². The van der Waals surface area contributed by atoms with Crippen LogP contribution in [0.5, 0.6) is 0 Å². The Morgan fingerprint density at radius 3 is 2.25 bits per heavy atom. The highest BCUT2D eigenvalue weighted by molar-refractivity contribution is 7.88. The second kappa shape index (κ2) is 7.66. The van der Waals surface area contributed by atoms with E-state index >= 15 is 0 Å². The first-order valence-corrected chi connectivity index (χ1v) is 11.1. The molecule has 0 saturated carbocycles. The van der Waals surface area contributed by atoms with Crippen molar-refractivity contribution in [1.82, 2.24) is 9.21 Å². The van der Waals surface area contributed by atoms with Crippen molar-refractivity contribution in [3.8, 4) is 0 Å². The third-order valence-corrected chi connectivity index (χ3v) is 7.56. The first-order valence-electron chi connectivity index (χ1n) is 9.53. The van der Waals surface area contributed by atoms with Crippen LogP contribution in [-0.2, 0) is 20.6 Å². The van der Waals surface area contributed by atoms with E-state index in [2.05, 4.69) is 4.90 Å². The van der Waals surface area contributed by atoms with Crippen LogP contribution in [0.15, 0.2) is 60.7 Å². The van der Waals surface area contributed by atoms with Crippen LogP contribution in [0.4, 0.5) is 0 Å². The maximum Gasteiger partial charge on any atom is 0.231 e. The van der Waals surface area contributed by atoms with E-state index in [0.717, 1.165) is 11.1 Å². The monoisotopic (exact) mass is 399 g/mol. The molecule has 7 heteroatoms. The Labute approximate surface area is 166 Å². The summed E-state index contributed by atoms with van der Waals surface area (Å²) in [6.07, 6.45) is 0. The highest BCUT2D eigenvalue weighted by Crippen LogP contribution is 2.46. The molecule has 0 aliphatic carbocycles. The van der Waals surface area contributed by atoms with Crippen molar-refractivity contribution in [3.63, 3.8) is 0 Å². The van der Waals surface area contributed by atoms with Gasteiger partial charge in [-0.15, -0.1) is 0 Å². The number of carbonyl (C=O) groups excluding carboxylic acids is 1. The lowest BCUT2D eigenvalue weighted by atomic mass is 9.90. The Balaban J connectivity index is 1.63. The van der Waals surface area contributed by atoms with Crippen LogP contribution in [-0.4, -0.2) is 49.7 Å². The number of hydrogen-bond acceptors (Lipinski definition) is 4. The van der Waals surface area contributed by atoms with Crippen molar-refractivity contribution < 1.29 is 13.2 Å². The standard InChI is InChI=1S/C21H25N3O3S/c22-20(25)14-23-11-18-12-24(28(26,27)15-16-7-3-1-4-8-16)21(19(18)13-23)17-9-5-2-6-10-17/h1-10,18-19,21H,11-15H2,(H2,22,25)/t18-,19-,21+/m0/s1. The molecule has 2 N–H and O–H groups in total. The molecule has 0 aromatic heterocycles. The number of amides is 1. The fourth-order valence-corrected chi connectivity index (χ4v) is 6.49. The first kappa shape index (κ1) is 19.1. The van der Waals surface area contributed by atoms with Crippen LogP contribution in [0.25, 0.3) is 0 Å². The lowest BCUT2D eigenvalue weighted by Gasteiger charge is -2.29. The molecule has 0 unspecified atom stereocenters. The topological polar surface area (TPSA) is 83.7 Å². The lowest BCUT2D eigenvalue weighted by Crippen LogP contribution is -2.38. The zero-order valence-corrected chi connectivity index (χ0v) is 16.5. The highest BCUT2D eigenvalue weighted by Gasteiger charge is 2.51. The van der Waals surface area contributed by atoms with Crippen LogP contribution < -0.4 is 5.73 Å². The molecule has 0 spiro atoms. The average Bonchev–Trinajstić information content (AvgIpc) is 3.20. The van der Waals surface area contributed by atoms with Gasteiger partial charge in [0.1, 0.15) is 0 Å². The molecule has 2 aromatic carbocycles. The van der Waals surface area contributed by atoms with E-state index in [1.54, 1.807) is 4.31 Å². The summed E-state index contributed by atoms with van der Waals surface area (Å²) < 4.78 is 28.3. The summed E-state index contributed by atoms with van der Waals surface area (Å²) in [6.45, 7) is 2.10. The van der Waals surface area contributed by atoms with E-state index in [-0.39, 0.29) is 36.1 Å². The van der Waals surface area contributed by atoms with E-state index in [1.165, 1.54) is 0 Å². The average molecular weight is 400 g/mol. The van der Waals surface area contributed by atoms with E-state index in [4.69, 9.17) is 5.73 Å². The summed E-state index contributed by atoms with van der Waals surface area (Å²) in [6, 6.07) is 18.9. The van der Waals surface area contributed by atoms with Crippen LogP contribution in [0, 0.1) is 11.8 Å². The Morgan fingerprint density at radius 2 is 1.61 bits per heavy atom. The third kappa shape index (κ3) is 3.83. The third-order valence-electron chi connectivity index (χ3n) is 5.77. The smallest absolute Gasteiger partial charge is 0.231 e. The van der Waals surface area contributed by atoms with E-state index < -0.39 is 10.0 Å². The highest BCUT2D eigenvalue weighted by atomic mass is 32.2. The van der Waals surface area contributed by atoms with Gasteiger partial charge in [-0.1, -0.05) is 60.7 Å². The van der Waals surface area contributed by atoms with Gasteiger partial charge in [0, 0.05) is 19.6 Å². The number of benzene rings is 2. The molecule has 2 heterocycles. The van der Waals surface area contributed by atoms with Crippen molar-refractivity contribution in [2.45, 2.75) is 11.8 Å². The van der Waals surface area contributed by atoms with Gasteiger partial charge in [0.15, 0.2) is 0 Å². The van der Waals surface area contributed by atoms with E-state index in [9.17, 15) is 13.2 Å². The Hall–Kier alpha value is -2.22. The summed E-state index contributed by atoms with van der Waals surface area (Å²) >= 11 is 0. The lowest BCUT2D eigenvalue weighted by molar-refractivity contribution is -0.119. The molecule has 0 radical (unpaired) electrons. The number of nitrogens with two attached hydrogens (primary N) is 1. The molecule has 2 aliphatic heterocycles. The minimum absolute atomic E-state index is 0.00160. The van der Waals surface area contributed by atoms with Crippen LogP contribution in [0.1, 0.15) is 17.2 Å². The summed E-state index contributed by atoms with van der Waals surface area (Å²) in [5, 5.41) is 0. The molecule has 2 aromatic rings. The number of nitrogens with zero attached hydrogens (tertiary/aromatic N) is 2. The van der Waals surface area contributed by atoms with Gasteiger partial charge < -0.3 is 5.73 Å². The number of carbonyl (C=O) groups is 1. The molecule has 0 bridgehead atoms. The Bertz CT molecular complexity index is 934. The van der Waals surface area contributed by atoms with Gasteiger partial charge in [0.25, 0.3) is 0 Å². The largest absolute Gasteiger partial charge is 0.369 e. The summed E-state index contributed by atoms with van der Waals surface area (Å²) in [5.41, 5.74) is 7.16. The van der Waals surface area contributed by atoms with Crippen molar-refractivity contribution in [2.24, 2.45) is 17.6 Å². The number of hydrogen-bond donors (Lipinski definition) is 1. The Morgan fingerprint density at radius 1 is 0.964 bits per heavy atom. The van der Waals surface area contributed by atoms with Crippen molar-refractivity contribution in [3.05, 3.63) is 71.8 Å². The number of rotatable bonds is 6. The number of likely N-dealkylation sites (tertiary alicyclic amines) is 1. The molecule has 1 amide bonds. The molecule has 6 nitrogen and oxygen atoms in total. The van der Waals surface area contributed by atoms with Gasteiger partial charge in [-0.2, -0.15) is 4.31 Å². The molecule has 3 atom stereocenters. The molecule has 2 aliphatic rings. The molecular weight excluding hydrogens is 374 g/mol. The van der Waals surface area contributed by atoms with Crippen LogP contribution in [0.3, 0.4) is 0 Å². The first-order chi connectivity index (χ1) is 13.4. The van der Waals surface area contributed by atoms with Gasteiger partial charge in [0.2, 0.25) is 15.9 Å². The number of sulfonamides is 1. The van der Waals surface area contributed by atoms with Gasteiger partial charge in [-0.05, 0) is 23.0 Å². The summed E-state index contributed by atoms with van der Waals surface area (Å²) in [4.78, 5) is 13.4. The Kier molecular flexibility index (Phi) is 5.23. The summed E-state index contributed by atoms with van der Waals surface area (Å²) in [5.74, 6) is 0.0221. The van der Waals surface area contributed by atoms with Gasteiger partial charge in [0.05, 0.1) is 18.3 Å². The quantitative estimate of drug-likeness (QED) is 0.800. The van der Waals surface area contributed by atoms with Crippen molar-refractivity contribution in [1.29, 1.82) is 0 Å². The summed E-state index contributed by atoms with van der Waals surface area (Å²) in [7, 11) is -3.47. The van der Waals surface area contributed by atoms with Crippen molar-refractivity contribution >= 4 is 15.9 Å². The van der Waals surface area contributed by atoms with Gasteiger partial charge >= 0.3 is 0 Å². The maximum atomic E-state index is 13.3. The van der Waals surface area contributed by atoms with E-state index in [1.807, 2.05) is 60.7 Å².